The zero-order valence-electron chi connectivity index (χ0n) is 15.7. The number of para-hydroxylation sites is 1. The molecule has 0 atom stereocenters. The van der Waals surface area contributed by atoms with E-state index in [0.29, 0.717) is 12.1 Å². The molecule has 0 aromatic heterocycles. The van der Waals surface area contributed by atoms with Crippen LogP contribution in [-0.2, 0) is 6.54 Å². The maximum atomic E-state index is 11.9. The highest BCUT2D eigenvalue weighted by Crippen LogP contribution is 2.41. The van der Waals surface area contributed by atoms with Gasteiger partial charge in [0.2, 0.25) is 0 Å². The number of carbonyl (C=O) groups is 1. The SMILES string of the molecule is Cc1cccc(CN=C2Nc3c(cccc3C(N)=O)NC23CCCCC3)c1. The molecular formula is C22H26N4O. The van der Waals surface area contributed by atoms with Crippen molar-refractivity contribution in [2.45, 2.75) is 51.1 Å². The van der Waals surface area contributed by atoms with Crippen LogP contribution in [0.3, 0.4) is 0 Å². The summed E-state index contributed by atoms with van der Waals surface area (Å²) in [5.41, 5.74) is 9.98. The third-order valence-corrected chi connectivity index (χ3v) is 5.61. The Balaban J connectivity index is 1.73. The van der Waals surface area contributed by atoms with Crippen LogP contribution >= 0.6 is 0 Å². The topological polar surface area (TPSA) is 79.5 Å². The van der Waals surface area contributed by atoms with Crippen molar-refractivity contribution in [1.29, 1.82) is 0 Å². The van der Waals surface area contributed by atoms with Gasteiger partial charge in [-0.25, -0.2) is 0 Å². The maximum absolute atomic E-state index is 11.9. The van der Waals surface area contributed by atoms with Crippen LogP contribution in [0.4, 0.5) is 11.4 Å². The van der Waals surface area contributed by atoms with Gasteiger partial charge in [-0.3, -0.25) is 9.79 Å². The van der Waals surface area contributed by atoms with Gasteiger partial charge in [-0.1, -0.05) is 55.2 Å². The summed E-state index contributed by atoms with van der Waals surface area (Å²) in [5.74, 6) is 0.490. The number of primary amides is 1. The Morgan fingerprint density at radius 2 is 1.93 bits per heavy atom. The summed E-state index contributed by atoms with van der Waals surface area (Å²) in [6, 6.07) is 14.1. The fourth-order valence-electron chi connectivity index (χ4n) is 4.24. The fourth-order valence-corrected chi connectivity index (χ4v) is 4.24. The number of rotatable bonds is 3. The van der Waals surface area contributed by atoms with Gasteiger partial charge in [-0.2, -0.15) is 0 Å². The summed E-state index contributed by atoms with van der Waals surface area (Å²) >= 11 is 0. The van der Waals surface area contributed by atoms with E-state index in [0.717, 1.165) is 30.1 Å². The maximum Gasteiger partial charge on any atom is 0.250 e. The Hall–Kier alpha value is -2.82. The van der Waals surface area contributed by atoms with Gasteiger partial charge < -0.3 is 16.4 Å². The van der Waals surface area contributed by atoms with Gasteiger partial charge in [0.15, 0.2) is 0 Å². The molecule has 2 aromatic rings. The lowest BCUT2D eigenvalue weighted by Crippen LogP contribution is -2.54. The van der Waals surface area contributed by atoms with Crippen molar-refractivity contribution in [1.82, 2.24) is 0 Å². The lowest BCUT2D eigenvalue weighted by atomic mass is 9.78. The van der Waals surface area contributed by atoms with Crippen LogP contribution in [0.2, 0.25) is 0 Å². The number of anilines is 2. The predicted molar refractivity (Wildman–Crippen MR) is 110 cm³/mol. The summed E-state index contributed by atoms with van der Waals surface area (Å²) in [4.78, 5) is 16.8. The van der Waals surface area contributed by atoms with E-state index in [2.05, 4.69) is 41.8 Å². The van der Waals surface area contributed by atoms with Crippen LogP contribution in [0.1, 0.15) is 53.6 Å². The molecule has 2 aromatic carbocycles. The first kappa shape index (κ1) is 17.6. The summed E-state index contributed by atoms with van der Waals surface area (Å²) in [5, 5.41) is 7.18. The van der Waals surface area contributed by atoms with Crippen LogP contribution in [0, 0.1) is 6.92 Å². The molecule has 1 spiro atoms. The van der Waals surface area contributed by atoms with Gasteiger partial charge in [-0.15, -0.1) is 0 Å². The number of fused-ring (bicyclic) bond motifs is 1. The summed E-state index contributed by atoms with van der Waals surface area (Å²) in [7, 11) is 0. The molecule has 1 aliphatic carbocycles. The van der Waals surface area contributed by atoms with Crippen molar-refractivity contribution in [3.63, 3.8) is 0 Å². The third-order valence-electron chi connectivity index (χ3n) is 5.61. The monoisotopic (exact) mass is 362 g/mol. The Kier molecular flexibility index (Phi) is 4.60. The zero-order chi connectivity index (χ0) is 18.9. The van der Waals surface area contributed by atoms with Crippen LogP contribution < -0.4 is 16.4 Å². The number of nitrogens with one attached hydrogen (secondary N) is 2. The zero-order valence-corrected chi connectivity index (χ0v) is 15.7. The van der Waals surface area contributed by atoms with Crippen molar-refractivity contribution in [2.75, 3.05) is 10.6 Å². The molecule has 5 nitrogen and oxygen atoms in total. The first-order chi connectivity index (χ1) is 13.1. The number of benzene rings is 2. The van der Waals surface area contributed by atoms with E-state index in [4.69, 9.17) is 10.7 Å². The Labute approximate surface area is 160 Å². The Morgan fingerprint density at radius 3 is 2.67 bits per heavy atom. The number of carbonyl (C=O) groups excluding carboxylic acids is 1. The fraction of sp³-hybridized carbons (Fsp3) is 0.364. The minimum Gasteiger partial charge on any atom is -0.371 e. The van der Waals surface area contributed by atoms with Gasteiger partial charge in [0, 0.05) is 0 Å². The minimum absolute atomic E-state index is 0.189. The van der Waals surface area contributed by atoms with E-state index >= 15 is 0 Å². The minimum atomic E-state index is -0.432. The first-order valence-corrected chi connectivity index (χ1v) is 9.66. The molecule has 1 heterocycles. The molecule has 0 saturated heterocycles. The second-order valence-electron chi connectivity index (χ2n) is 7.64. The molecule has 0 radical (unpaired) electrons. The average molecular weight is 362 g/mol. The predicted octanol–water partition coefficient (Wildman–Crippen LogP) is 4.23. The molecule has 1 amide bonds. The number of nitrogens with zero attached hydrogens (tertiary/aromatic N) is 1. The van der Waals surface area contributed by atoms with Gasteiger partial charge in [0.1, 0.15) is 5.84 Å². The lowest BCUT2D eigenvalue weighted by molar-refractivity contribution is 0.100. The molecule has 0 bridgehead atoms. The Bertz CT molecular complexity index is 897. The summed E-state index contributed by atoms with van der Waals surface area (Å²) in [6.07, 6.45) is 5.66. The quantitative estimate of drug-likeness (QED) is 0.764. The highest BCUT2D eigenvalue weighted by molar-refractivity contribution is 6.14. The summed E-state index contributed by atoms with van der Waals surface area (Å²) in [6.45, 7) is 2.70. The number of amides is 1. The van der Waals surface area contributed by atoms with Crippen molar-refractivity contribution in [3.8, 4) is 0 Å². The van der Waals surface area contributed by atoms with Crippen LogP contribution in [-0.4, -0.2) is 17.3 Å². The standard InChI is InChI=1S/C22H26N4O/c1-15-7-5-8-16(13-15)14-24-21-22(11-3-2-4-12-22)26-18-10-6-9-17(20(23)27)19(18)25-21/h5-10,13,26H,2-4,11-12,14H2,1H3,(H2,23,27)(H,24,25). The van der Waals surface area contributed by atoms with E-state index in [1.54, 1.807) is 6.07 Å². The van der Waals surface area contributed by atoms with Gasteiger partial charge in [0.25, 0.3) is 5.91 Å². The van der Waals surface area contributed by atoms with Crippen LogP contribution in [0.15, 0.2) is 47.5 Å². The third kappa shape index (κ3) is 3.42. The van der Waals surface area contributed by atoms with E-state index < -0.39 is 5.91 Å². The molecule has 1 fully saturated rings. The molecule has 4 N–H and O–H groups in total. The molecule has 5 heteroatoms. The van der Waals surface area contributed by atoms with Crippen molar-refractivity contribution in [2.24, 2.45) is 10.7 Å². The van der Waals surface area contributed by atoms with Crippen molar-refractivity contribution >= 4 is 23.1 Å². The second kappa shape index (κ2) is 7.06. The molecule has 2 aliphatic rings. The van der Waals surface area contributed by atoms with E-state index in [-0.39, 0.29) is 5.54 Å². The highest BCUT2D eigenvalue weighted by atomic mass is 16.1. The summed E-state index contributed by atoms with van der Waals surface area (Å²) < 4.78 is 0. The molecular weight excluding hydrogens is 336 g/mol. The number of aryl methyl sites for hydroxylation is 1. The highest BCUT2D eigenvalue weighted by Gasteiger charge is 2.41. The molecule has 140 valence electrons. The van der Waals surface area contributed by atoms with E-state index in [9.17, 15) is 4.79 Å². The Morgan fingerprint density at radius 1 is 1.15 bits per heavy atom. The smallest absolute Gasteiger partial charge is 0.250 e. The molecule has 0 unspecified atom stereocenters. The second-order valence-corrected chi connectivity index (χ2v) is 7.64. The molecule has 1 aliphatic heterocycles. The number of amidine groups is 1. The van der Waals surface area contributed by atoms with E-state index in [1.165, 1.54) is 30.4 Å². The number of aliphatic imine (C=N–C) groups is 1. The van der Waals surface area contributed by atoms with Gasteiger partial charge in [0.05, 0.1) is 29.0 Å². The average Bonchev–Trinajstić information content (AvgIpc) is 2.66. The van der Waals surface area contributed by atoms with Crippen LogP contribution in [0.25, 0.3) is 0 Å². The number of nitrogens with two attached hydrogens (primary N) is 1. The molecule has 4 rings (SSSR count). The number of hydrogen-bond acceptors (Lipinski definition) is 3. The first-order valence-electron chi connectivity index (χ1n) is 9.66. The van der Waals surface area contributed by atoms with Gasteiger partial charge in [-0.05, 0) is 37.5 Å². The van der Waals surface area contributed by atoms with Crippen molar-refractivity contribution < 1.29 is 4.79 Å². The van der Waals surface area contributed by atoms with E-state index in [1.807, 2.05) is 12.1 Å². The van der Waals surface area contributed by atoms with Gasteiger partial charge >= 0.3 is 0 Å². The van der Waals surface area contributed by atoms with Crippen LogP contribution in [0.5, 0.6) is 0 Å². The largest absolute Gasteiger partial charge is 0.371 e. The normalized spacial score (nSPS) is 19.2. The number of hydrogen-bond donors (Lipinski definition) is 3. The molecule has 27 heavy (non-hydrogen) atoms. The van der Waals surface area contributed by atoms with Crippen molar-refractivity contribution in [3.05, 3.63) is 59.2 Å². The molecule has 1 saturated carbocycles. The lowest BCUT2D eigenvalue weighted by Gasteiger charge is -2.44.